The zero-order chi connectivity index (χ0) is 31.3. The molecule has 1 aliphatic heterocycles. The molecule has 44 heavy (non-hydrogen) atoms. The van der Waals surface area contributed by atoms with Crippen molar-refractivity contribution in [3.63, 3.8) is 0 Å². The molecule has 1 saturated heterocycles. The van der Waals surface area contributed by atoms with Gasteiger partial charge in [-0.1, -0.05) is 54.6 Å². The number of aromatic nitrogens is 2. The summed E-state index contributed by atoms with van der Waals surface area (Å²) >= 11 is 0. The number of unbranched alkanes of at least 4 members (excludes halogenated alkanes) is 1. The minimum absolute atomic E-state index is 0.0345. The Balaban J connectivity index is 1.45. The molecule has 1 aromatic heterocycles. The number of hydrogen-bond donors (Lipinski definition) is 7. The van der Waals surface area contributed by atoms with E-state index in [2.05, 4.69) is 36.2 Å². The molecule has 13 heteroatoms. The number of fused-ring (bicyclic) bond motifs is 1. The fourth-order valence-corrected chi connectivity index (χ4v) is 7.39. The first-order valence-electron chi connectivity index (χ1n) is 14.5. The Kier molecular flexibility index (Phi) is 9.42. The summed E-state index contributed by atoms with van der Waals surface area (Å²) in [6.07, 6.45) is 2.14. The summed E-state index contributed by atoms with van der Waals surface area (Å²) < 4.78 is 30.5. The molecule has 4 aromatic rings. The van der Waals surface area contributed by atoms with Crippen molar-refractivity contribution in [1.82, 2.24) is 36.2 Å². The van der Waals surface area contributed by atoms with Gasteiger partial charge >= 0.3 is 5.97 Å². The number of aliphatic carboxylic acids is 1. The number of H-pyrrole nitrogens is 1. The minimum Gasteiger partial charge on any atom is -0.478 e. The predicted molar refractivity (Wildman–Crippen MR) is 167 cm³/mol. The average molecular weight is 620 g/mol. The van der Waals surface area contributed by atoms with Crippen molar-refractivity contribution < 1.29 is 23.1 Å². The fourth-order valence-electron chi connectivity index (χ4n) is 5.63. The van der Waals surface area contributed by atoms with Gasteiger partial charge in [-0.2, -0.15) is 9.82 Å². The van der Waals surface area contributed by atoms with Crippen LogP contribution in [-0.4, -0.2) is 67.2 Å². The fraction of sp³-hybridized carbons (Fsp3) is 0.323. The van der Waals surface area contributed by atoms with Gasteiger partial charge in [0.1, 0.15) is 6.29 Å². The Hall–Kier alpha value is -4.14. The number of rotatable bonds is 13. The van der Waals surface area contributed by atoms with Gasteiger partial charge in [0.25, 0.3) is 5.91 Å². The number of carboxylic acids is 1. The molecule has 1 amide bonds. The van der Waals surface area contributed by atoms with Gasteiger partial charge in [-0.15, -0.1) is 0 Å². The van der Waals surface area contributed by atoms with E-state index in [0.29, 0.717) is 41.4 Å². The van der Waals surface area contributed by atoms with Crippen molar-refractivity contribution in [2.75, 3.05) is 19.6 Å². The van der Waals surface area contributed by atoms with Crippen molar-refractivity contribution in [3.05, 3.63) is 83.6 Å². The third kappa shape index (κ3) is 6.82. The molecule has 0 spiro atoms. The van der Waals surface area contributed by atoms with Gasteiger partial charge < -0.3 is 10.4 Å². The third-order valence-electron chi connectivity index (χ3n) is 7.71. The number of carbonyl (C=O) groups excluding carboxylic acids is 1. The number of para-hydroxylation sites is 1. The summed E-state index contributed by atoms with van der Waals surface area (Å²) in [5, 5.41) is 30.3. The summed E-state index contributed by atoms with van der Waals surface area (Å²) in [6, 6.07) is 18.0. The average Bonchev–Trinajstić information content (AvgIpc) is 3.69. The van der Waals surface area contributed by atoms with E-state index in [9.17, 15) is 23.1 Å². The van der Waals surface area contributed by atoms with Crippen molar-refractivity contribution in [2.24, 2.45) is 0 Å². The summed E-state index contributed by atoms with van der Waals surface area (Å²) in [7, 11) is -4.44. The molecular formula is C31H37N7O5S. The highest BCUT2D eigenvalue weighted by Crippen LogP contribution is 2.29. The standard InChI is InChI=1S/C31H37N7O5S/c1-20-17-24(22-9-4-3-5-10-22)18-21(2)27(20)44(42,43)38-31(29(40)41,13-6-7-14-32-30-33-15-16-34-30)36-28(39)25-12-8-11-23-19-35-37-26(23)25/h3-5,8-12,17-19,30,32-34,38H,6-7,13-16H2,1-2H3,(H,35,37)(H,36,39)(H,40,41). The van der Waals surface area contributed by atoms with Crippen LogP contribution in [0.25, 0.3) is 22.0 Å². The van der Waals surface area contributed by atoms with Gasteiger partial charge in [-0.05, 0) is 68.0 Å². The molecule has 1 fully saturated rings. The van der Waals surface area contributed by atoms with Crippen molar-refractivity contribution >= 4 is 32.8 Å². The number of aryl methyl sites for hydroxylation is 2. The van der Waals surface area contributed by atoms with Crippen LogP contribution in [0.3, 0.4) is 0 Å². The van der Waals surface area contributed by atoms with E-state index in [4.69, 9.17) is 0 Å². The van der Waals surface area contributed by atoms with Crippen molar-refractivity contribution in [1.29, 1.82) is 0 Å². The molecule has 0 bridgehead atoms. The number of hydrogen-bond acceptors (Lipinski definition) is 8. The highest BCUT2D eigenvalue weighted by molar-refractivity contribution is 7.89. The lowest BCUT2D eigenvalue weighted by molar-refractivity contribution is -0.145. The molecule has 1 aliphatic rings. The van der Waals surface area contributed by atoms with Gasteiger partial charge in [-0.3, -0.25) is 25.8 Å². The number of nitrogens with zero attached hydrogens (tertiary/aromatic N) is 1. The molecule has 1 unspecified atom stereocenters. The highest BCUT2D eigenvalue weighted by atomic mass is 32.2. The monoisotopic (exact) mass is 619 g/mol. The maximum Gasteiger partial charge on any atom is 0.345 e. The molecule has 0 saturated carbocycles. The van der Waals surface area contributed by atoms with Gasteiger partial charge in [0, 0.05) is 18.5 Å². The Morgan fingerprint density at radius 1 is 0.977 bits per heavy atom. The zero-order valence-corrected chi connectivity index (χ0v) is 25.4. The number of aromatic amines is 1. The normalized spacial score (nSPS) is 15.3. The van der Waals surface area contributed by atoms with Gasteiger partial charge in [0.15, 0.2) is 0 Å². The van der Waals surface area contributed by atoms with E-state index >= 15 is 0 Å². The van der Waals surface area contributed by atoms with Crippen molar-refractivity contribution in [2.45, 2.75) is 50.0 Å². The van der Waals surface area contributed by atoms with Gasteiger partial charge in [0.2, 0.25) is 15.7 Å². The van der Waals surface area contributed by atoms with Crippen LogP contribution in [0.15, 0.2) is 71.8 Å². The van der Waals surface area contributed by atoms with Crippen LogP contribution in [0.2, 0.25) is 0 Å². The summed E-state index contributed by atoms with van der Waals surface area (Å²) in [5.74, 6) is -2.27. The molecule has 232 valence electrons. The Morgan fingerprint density at radius 2 is 1.68 bits per heavy atom. The molecular weight excluding hydrogens is 582 g/mol. The maximum absolute atomic E-state index is 14.0. The number of carbonyl (C=O) groups is 2. The van der Waals surface area contributed by atoms with Crippen LogP contribution in [0, 0.1) is 13.8 Å². The van der Waals surface area contributed by atoms with Crippen LogP contribution >= 0.6 is 0 Å². The number of nitrogens with one attached hydrogen (secondary N) is 6. The van der Waals surface area contributed by atoms with E-state index in [1.807, 2.05) is 30.3 Å². The van der Waals surface area contributed by atoms with E-state index in [0.717, 1.165) is 24.2 Å². The Labute approximate surface area is 256 Å². The van der Waals surface area contributed by atoms with E-state index in [1.54, 1.807) is 44.3 Å². The topological polar surface area (TPSA) is 177 Å². The zero-order valence-electron chi connectivity index (χ0n) is 24.6. The Bertz CT molecular complexity index is 1730. The Morgan fingerprint density at radius 3 is 2.36 bits per heavy atom. The molecule has 2 heterocycles. The van der Waals surface area contributed by atoms with Gasteiger partial charge in [0.05, 0.1) is 22.2 Å². The molecule has 5 rings (SSSR count). The van der Waals surface area contributed by atoms with E-state index < -0.39 is 27.6 Å². The summed E-state index contributed by atoms with van der Waals surface area (Å²) in [6.45, 7) is 5.56. The summed E-state index contributed by atoms with van der Waals surface area (Å²) in [5.41, 5.74) is 0.880. The third-order valence-corrected chi connectivity index (χ3v) is 9.51. The second-order valence-corrected chi connectivity index (χ2v) is 12.6. The number of amides is 1. The number of carboxylic acid groups (broad SMARTS) is 1. The first kappa shape index (κ1) is 31.3. The second kappa shape index (κ2) is 13.2. The smallest absolute Gasteiger partial charge is 0.345 e. The van der Waals surface area contributed by atoms with Crippen LogP contribution in [-0.2, 0) is 14.8 Å². The van der Waals surface area contributed by atoms with Crippen LogP contribution in [0.4, 0.5) is 0 Å². The van der Waals surface area contributed by atoms with E-state index in [1.165, 1.54) is 6.07 Å². The van der Waals surface area contributed by atoms with Gasteiger partial charge in [-0.25, -0.2) is 13.2 Å². The first-order valence-corrected chi connectivity index (χ1v) is 16.0. The lowest BCUT2D eigenvalue weighted by atomic mass is 10.0. The second-order valence-electron chi connectivity index (χ2n) is 11.0. The van der Waals surface area contributed by atoms with Crippen molar-refractivity contribution in [3.8, 4) is 11.1 Å². The molecule has 0 radical (unpaired) electrons. The first-order chi connectivity index (χ1) is 21.1. The predicted octanol–water partition coefficient (Wildman–Crippen LogP) is 2.57. The maximum atomic E-state index is 14.0. The van der Waals surface area contributed by atoms with Crippen LogP contribution < -0.4 is 26.0 Å². The largest absolute Gasteiger partial charge is 0.478 e. The lowest BCUT2D eigenvalue weighted by Crippen LogP contribution is -2.65. The quantitative estimate of drug-likeness (QED) is 0.0876. The SMILES string of the molecule is Cc1cc(-c2ccccc2)cc(C)c1S(=O)(=O)NC(CCCCNC1NCCN1)(NC(=O)c1cccc2cn[nH]c12)C(=O)O. The lowest BCUT2D eigenvalue weighted by Gasteiger charge is -2.32. The molecule has 3 aromatic carbocycles. The number of benzene rings is 3. The van der Waals surface area contributed by atoms with Crippen LogP contribution in [0.5, 0.6) is 0 Å². The molecule has 0 aliphatic carbocycles. The molecule has 1 atom stereocenters. The van der Waals surface area contributed by atoms with Crippen LogP contribution in [0.1, 0.15) is 40.7 Å². The summed E-state index contributed by atoms with van der Waals surface area (Å²) in [4.78, 5) is 26.6. The van der Waals surface area contributed by atoms with E-state index in [-0.39, 0.29) is 23.2 Å². The number of sulfonamides is 1. The minimum atomic E-state index is -4.44. The highest BCUT2D eigenvalue weighted by Gasteiger charge is 2.44. The molecule has 7 N–H and O–H groups in total. The molecule has 12 nitrogen and oxygen atoms in total.